The van der Waals surface area contributed by atoms with Gasteiger partial charge in [-0.15, -0.1) is 0 Å². The first-order valence-electron chi connectivity index (χ1n) is 6.35. The molecule has 0 radical (unpaired) electrons. The van der Waals surface area contributed by atoms with Gasteiger partial charge >= 0.3 is 6.18 Å². The number of rotatable bonds is 3. The van der Waals surface area contributed by atoms with Crippen LogP contribution in [0.4, 0.5) is 13.2 Å². The largest absolute Gasteiger partial charge is 0.416 e. The highest BCUT2D eigenvalue weighted by molar-refractivity contribution is 7.92. The van der Waals surface area contributed by atoms with E-state index in [0.717, 1.165) is 17.5 Å². The van der Waals surface area contributed by atoms with Crippen molar-refractivity contribution in [2.24, 2.45) is 0 Å². The van der Waals surface area contributed by atoms with Crippen molar-refractivity contribution in [1.29, 1.82) is 0 Å². The number of halogens is 3. The molecular weight excluding hydrogens is 305 g/mol. The van der Waals surface area contributed by atoms with Gasteiger partial charge in [-0.2, -0.15) is 17.5 Å². The maximum Gasteiger partial charge on any atom is 0.416 e. The van der Waals surface area contributed by atoms with Crippen LogP contribution in [0.15, 0.2) is 29.7 Å². The highest BCUT2D eigenvalue weighted by atomic mass is 32.2. The van der Waals surface area contributed by atoms with Crippen LogP contribution < -0.4 is 5.32 Å². The molecule has 0 aliphatic carbocycles. The van der Waals surface area contributed by atoms with E-state index in [-0.39, 0.29) is 0 Å². The molecule has 0 amide bonds. The summed E-state index contributed by atoms with van der Waals surface area (Å²) in [6.07, 6.45) is -3.09. The van der Waals surface area contributed by atoms with Gasteiger partial charge in [-0.1, -0.05) is 12.1 Å². The normalized spacial score (nSPS) is 18.2. The molecule has 0 spiro atoms. The zero-order chi connectivity index (χ0) is 15.5. The molecule has 1 fully saturated rings. The van der Waals surface area contributed by atoms with Gasteiger partial charge in [0.15, 0.2) is 0 Å². The van der Waals surface area contributed by atoms with Crippen molar-refractivity contribution >= 4 is 16.1 Å². The molecule has 1 aromatic carbocycles. The van der Waals surface area contributed by atoms with Gasteiger partial charge in [0.1, 0.15) is 0 Å². The number of hydrogen-bond acceptors (Lipinski definition) is 3. The second kappa shape index (κ2) is 6.17. The van der Waals surface area contributed by atoms with E-state index < -0.39 is 21.8 Å². The fourth-order valence-electron chi connectivity index (χ4n) is 1.93. The van der Waals surface area contributed by atoms with Gasteiger partial charge in [0.05, 0.1) is 5.56 Å². The monoisotopic (exact) mass is 320 g/mol. The van der Waals surface area contributed by atoms with Gasteiger partial charge < -0.3 is 5.32 Å². The predicted octanol–water partition coefficient (Wildman–Crippen LogP) is 1.91. The Morgan fingerprint density at radius 2 is 1.67 bits per heavy atom. The van der Waals surface area contributed by atoms with Gasteiger partial charge in [-0.3, -0.25) is 0 Å². The maximum atomic E-state index is 12.4. The lowest BCUT2D eigenvalue weighted by Gasteiger charge is -2.25. The van der Waals surface area contributed by atoms with E-state index >= 15 is 0 Å². The van der Waals surface area contributed by atoms with Crippen LogP contribution in [0.5, 0.6) is 0 Å². The summed E-state index contributed by atoms with van der Waals surface area (Å²) < 4.78 is 62.6. The Balaban J connectivity index is 2.10. The van der Waals surface area contributed by atoms with Crippen LogP contribution in [0, 0.1) is 0 Å². The van der Waals surface area contributed by atoms with E-state index in [9.17, 15) is 21.6 Å². The third kappa shape index (κ3) is 4.29. The second-order valence-electron chi connectivity index (χ2n) is 4.62. The number of hydrogen-bond donors (Lipinski definition) is 1. The van der Waals surface area contributed by atoms with Crippen molar-refractivity contribution in [3.63, 3.8) is 0 Å². The fraction of sp³-hybridized carbons (Fsp3) is 0.385. The van der Waals surface area contributed by atoms with E-state index in [1.807, 2.05) is 0 Å². The van der Waals surface area contributed by atoms with Crippen molar-refractivity contribution in [3.8, 4) is 0 Å². The van der Waals surface area contributed by atoms with Crippen molar-refractivity contribution < 1.29 is 21.6 Å². The average molecular weight is 320 g/mol. The Morgan fingerprint density at radius 1 is 1.10 bits per heavy atom. The number of nitrogens with zero attached hydrogens (tertiary/aromatic N) is 1. The Morgan fingerprint density at radius 3 is 2.19 bits per heavy atom. The fourth-order valence-corrected chi connectivity index (χ4v) is 3.13. The summed E-state index contributed by atoms with van der Waals surface area (Å²) in [6.45, 7) is 1.96. The Hall–Kier alpha value is -1.38. The highest BCUT2D eigenvalue weighted by Gasteiger charge is 2.29. The van der Waals surface area contributed by atoms with E-state index in [2.05, 4.69) is 5.32 Å². The van der Waals surface area contributed by atoms with E-state index in [0.29, 0.717) is 31.7 Å². The molecule has 1 saturated heterocycles. The van der Waals surface area contributed by atoms with Gasteiger partial charge in [-0.05, 0) is 23.8 Å². The summed E-state index contributed by atoms with van der Waals surface area (Å²) in [7, 11) is -3.53. The van der Waals surface area contributed by atoms with E-state index in [1.165, 1.54) is 22.5 Å². The number of sulfonamides is 1. The van der Waals surface area contributed by atoms with Crippen molar-refractivity contribution in [2.75, 3.05) is 26.2 Å². The topological polar surface area (TPSA) is 49.4 Å². The van der Waals surface area contributed by atoms with Gasteiger partial charge in [0.2, 0.25) is 10.0 Å². The number of alkyl halides is 3. The summed E-state index contributed by atoms with van der Waals surface area (Å²) in [6, 6.07) is 4.34. The van der Waals surface area contributed by atoms with Crippen LogP contribution >= 0.6 is 0 Å². The minimum atomic E-state index is -4.39. The molecule has 0 saturated carbocycles. The third-order valence-electron chi connectivity index (χ3n) is 3.11. The number of piperazine rings is 1. The number of nitrogens with one attached hydrogen (secondary N) is 1. The standard InChI is InChI=1S/C13H15F3N2O2S/c14-13(15,16)12-3-1-11(2-4-12)5-10-21(19,20)18-8-6-17-7-9-18/h1-5,10,17H,6-9H2/b10-5+. The summed E-state index contributed by atoms with van der Waals surface area (Å²) in [4.78, 5) is 0. The molecule has 1 aromatic rings. The van der Waals surface area contributed by atoms with Gasteiger partial charge in [0, 0.05) is 31.6 Å². The van der Waals surface area contributed by atoms with Crippen molar-refractivity contribution in [1.82, 2.24) is 9.62 Å². The summed E-state index contributed by atoms with van der Waals surface area (Å²) in [5.41, 5.74) is -0.355. The van der Waals surface area contributed by atoms with Crippen LogP contribution in [-0.4, -0.2) is 38.9 Å². The molecule has 4 nitrogen and oxygen atoms in total. The van der Waals surface area contributed by atoms with Crippen LogP contribution in [-0.2, 0) is 16.2 Å². The lowest BCUT2D eigenvalue weighted by Crippen LogP contribution is -2.45. The lowest BCUT2D eigenvalue weighted by atomic mass is 10.1. The van der Waals surface area contributed by atoms with Crippen LogP contribution in [0.1, 0.15) is 11.1 Å². The first-order chi connectivity index (χ1) is 9.79. The minimum absolute atomic E-state index is 0.389. The minimum Gasteiger partial charge on any atom is -0.314 e. The van der Waals surface area contributed by atoms with Crippen LogP contribution in [0.2, 0.25) is 0 Å². The third-order valence-corrected chi connectivity index (χ3v) is 4.67. The number of benzene rings is 1. The first kappa shape index (κ1) is 16.0. The lowest BCUT2D eigenvalue weighted by molar-refractivity contribution is -0.137. The SMILES string of the molecule is O=S(=O)(/C=C/c1ccc(C(F)(F)F)cc1)N1CCNCC1. The van der Waals surface area contributed by atoms with Crippen molar-refractivity contribution in [3.05, 3.63) is 40.8 Å². The Bertz CT molecular complexity index is 603. The Kier molecular flexibility index (Phi) is 4.70. The molecule has 2 rings (SSSR count). The molecule has 1 aliphatic heterocycles. The van der Waals surface area contributed by atoms with Crippen molar-refractivity contribution in [2.45, 2.75) is 6.18 Å². The summed E-state index contributed by atoms with van der Waals surface area (Å²) in [5, 5.41) is 4.07. The first-order valence-corrected chi connectivity index (χ1v) is 7.85. The van der Waals surface area contributed by atoms with Gasteiger partial charge in [0.25, 0.3) is 0 Å². The molecule has 1 N–H and O–H groups in total. The highest BCUT2D eigenvalue weighted by Crippen LogP contribution is 2.29. The van der Waals surface area contributed by atoms with E-state index in [4.69, 9.17) is 0 Å². The quantitative estimate of drug-likeness (QED) is 0.925. The van der Waals surface area contributed by atoms with Crippen LogP contribution in [0.25, 0.3) is 6.08 Å². The molecule has 1 aliphatic rings. The molecule has 0 bridgehead atoms. The molecule has 0 aromatic heterocycles. The zero-order valence-corrected chi connectivity index (χ0v) is 11.9. The molecule has 116 valence electrons. The van der Waals surface area contributed by atoms with Crippen LogP contribution in [0.3, 0.4) is 0 Å². The molecule has 0 unspecified atom stereocenters. The molecule has 8 heteroatoms. The maximum absolute atomic E-state index is 12.4. The smallest absolute Gasteiger partial charge is 0.314 e. The molecular formula is C13H15F3N2O2S. The van der Waals surface area contributed by atoms with E-state index in [1.54, 1.807) is 0 Å². The summed E-state index contributed by atoms with van der Waals surface area (Å²) >= 11 is 0. The zero-order valence-electron chi connectivity index (χ0n) is 11.1. The Labute approximate surface area is 121 Å². The average Bonchev–Trinajstić information content (AvgIpc) is 2.46. The molecule has 21 heavy (non-hydrogen) atoms. The van der Waals surface area contributed by atoms with Gasteiger partial charge in [-0.25, -0.2) is 8.42 Å². The molecule has 1 heterocycles. The molecule has 0 atom stereocenters. The predicted molar refractivity (Wildman–Crippen MR) is 73.8 cm³/mol. The summed E-state index contributed by atoms with van der Waals surface area (Å²) in [5.74, 6) is 0. The second-order valence-corrected chi connectivity index (χ2v) is 6.44.